The van der Waals surface area contributed by atoms with Crippen LogP contribution in [0.2, 0.25) is 0 Å². The molecule has 6 heteroatoms. The first-order chi connectivity index (χ1) is 12.1. The molecule has 0 saturated heterocycles. The fraction of sp³-hybridized carbons (Fsp3) is 0.105. The third kappa shape index (κ3) is 2.30. The van der Waals surface area contributed by atoms with Gasteiger partial charge in [-0.05, 0) is 31.2 Å². The Balaban J connectivity index is 1.91. The van der Waals surface area contributed by atoms with E-state index in [1.165, 1.54) is 4.68 Å². The van der Waals surface area contributed by atoms with Gasteiger partial charge in [-0.25, -0.2) is 14.5 Å². The normalized spacial score (nSPS) is 14.6. The highest BCUT2D eigenvalue weighted by Gasteiger charge is 2.29. The second-order valence-electron chi connectivity index (χ2n) is 5.76. The molecule has 1 aliphatic heterocycles. The van der Waals surface area contributed by atoms with Gasteiger partial charge in [0.1, 0.15) is 5.75 Å². The van der Waals surface area contributed by atoms with Gasteiger partial charge in [0.15, 0.2) is 11.4 Å². The average Bonchev–Trinajstić information content (AvgIpc) is 3.05. The number of esters is 1. The molecular formula is C19H15N3O3. The summed E-state index contributed by atoms with van der Waals surface area (Å²) in [7, 11) is 1.79. The van der Waals surface area contributed by atoms with Crippen LogP contribution < -0.4 is 10.3 Å². The predicted molar refractivity (Wildman–Crippen MR) is 94.0 cm³/mol. The Kier molecular flexibility index (Phi) is 3.39. The molecule has 2 aromatic carbocycles. The summed E-state index contributed by atoms with van der Waals surface area (Å²) in [4.78, 5) is 29.4. The van der Waals surface area contributed by atoms with E-state index in [0.29, 0.717) is 17.0 Å². The molecule has 0 spiro atoms. The maximum atomic E-state index is 12.9. The van der Waals surface area contributed by atoms with Crippen LogP contribution >= 0.6 is 0 Å². The SMILES string of the molecule is Cc1c(N=C2C(=O)Oc3ccccc32)c(=O)n(-c2ccccc2)n1C. The average molecular weight is 333 g/mol. The van der Waals surface area contributed by atoms with Gasteiger partial charge < -0.3 is 4.74 Å². The van der Waals surface area contributed by atoms with Crippen LogP contribution in [-0.2, 0) is 11.8 Å². The number of para-hydroxylation sites is 2. The number of rotatable bonds is 2. The van der Waals surface area contributed by atoms with E-state index in [-0.39, 0.29) is 17.0 Å². The van der Waals surface area contributed by atoms with Crippen LogP contribution in [0.1, 0.15) is 11.3 Å². The fourth-order valence-electron chi connectivity index (χ4n) is 2.91. The Morgan fingerprint density at radius 2 is 1.64 bits per heavy atom. The predicted octanol–water partition coefficient (Wildman–Crippen LogP) is 2.52. The van der Waals surface area contributed by atoms with Crippen LogP contribution in [0, 0.1) is 6.92 Å². The van der Waals surface area contributed by atoms with Crippen molar-refractivity contribution in [2.45, 2.75) is 6.92 Å². The molecule has 0 fully saturated rings. The van der Waals surface area contributed by atoms with Gasteiger partial charge in [0.25, 0.3) is 5.56 Å². The van der Waals surface area contributed by atoms with E-state index < -0.39 is 5.97 Å². The molecule has 6 nitrogen and oxygen atoms in total. The minimum Gasteiger partial charge on any atom is -0.421 e. The van der Waals surface area contributed by atoms with Crippen LogP contribution in [0.15, 0.2) is 64.4 Å². The number of benzene rings is 2. The van der Waals surface area contributed by atoms with E-state index in [1.54, 1.807) is 42.9 Å². The summed E-state index contributed by atoms with van der Waals surface area (Å²) in [6, 6.07) is 16.3. The largest absolute Gasteiger partial charge is 0.421 e. The number of carbonyl (C=O) groups excluding carboxylic acids is 1. The van der Waals surface area contributed by atoms with Crippen LogP contribution in [0.5, 0.6) is 5.75 Å². The molecule has 2 heterocycles. The molecule has 1 aromatic heterocycles. The van der Waals surface area contributed by atoms with E-state index in [1.807, 2.05) is 30.3 Å². The Morgan fingerprint density at radius 3 is 2.40 bits per heavy atom. The minimum atomic E-state index is -0.546. The van der Waals surface area contributed by atoms with Crippen molar-refractivity contribution in [3.63, 3.8) is 0 Å². The highest BCUT2D eigenvalue weighted by Crippen LogP contribution is 2.28. The molecule has 0 bridgehead atoms. The molecular weight excluding hydrogens is 318 g/mol. The molecule has 0 N–H and O–H groups in total. The van der Waals surface area contributed by atoms with Crippen LogP contribution in [0.25, 0.3) is 5.69 Å². The number of ether oxygens (including phenoxy) is 1. The van der Waals surface area contributed by atoms with Gasteiger partial charge in [0, 0.05) is 7.05 Å². The van der Waals surface area contributed by atoms with E-state index >= 15 is 0 Å². The highest BCUT2D eigenvalue weighted by molar-refractivity contribution is 6.47. The van der Waals surface area contributed by atoms with Crippen molar-refractivity contribution >= 4 is 17.4 Å². The second kappa shape index (κ2) is 5.59. The quantitative estimate of drug-likeness (QED) is 0.535. The van der Waals surface area contributed by atoms with Crippen molar-refractivity contribution in [3.8, 4) is 11.4 Å². The standard InChI is InChI=1S/C19H15N3O3/c1-12-16(18(23)22(21(12)2)13-8-4-3-5-9-13)20-17-14-10-6-7-11-15(14)25-19(17)24/h3-11H,1-2H3. The van der Waals surface area contributed by atoms with Crippen molar-refractivity contribution in [2.75, 3.05) is 0 Å². The fourth-order valence-corrected chi connectivity index (χ4v) is 2.91. The van der Waals surface area contributed by atoms with Crippen LogP contribution in [0.3, 0.4) is 0 Å². The zero-order valence-electron chi connectivity index (χ0n) is 13.8. The maximum absolute atomic E-state index is 12.9. The number of hydrogen-bond acceptors (Lipinski definition) is 4. The van der Waals surface area contributed by atoms with Crippen molar-refractivity contribution in [1.29, 1.82) is 0 Å². The lowest BCUT2D eigenvalue weighted by molar-refractivity contribution is -0.126. The Labute approximate surface area is 143 Å². The lowest BCUT2D eigenvalue weighted by Crippen LogP contribution is -2.19. The summed E-state index contributed by atoms with van der Waals surface area (Å²) < 4.78 is 8.46. The lowest BCUT2D eigenvalue weighted by atomic mass is 10.1. The topological polar surface area (TPSA) is 65.6 Å². The lowest BCUT2D eigenvalue weighted by Gasteiger charge is -2.07. The number of aromatic nitrogens is 2. The van der Waals surface area contributed by atoms with Crippen LogP contribution in [-0.4, -0.2) is 21.0 Å². The number of fused-ring (bicyclic) bond motifs is 1. The third-order valence-electron chi connectivity index (χ3n) is 4.29. The number of nitrogens with zero attached hydrogens (tertiary/aromatic N) is 3. The smallest absolute Gasteiger partial charge is 0.363 e. The van der Waals surface area contributed by atoms with Crippen LogP contribution in [0.4, 0.5) is 5.69 Å². The molecule has 0 saturated carbocycles. The molecule has 0 aliphatic carbocycles. The maximum Gasteiger partial charge on any atom is 0.363 e. The van der Waals surface area contributed by atoms with E-state index in [2.05, 4.69) is 4.99 Å². The summed E-state index contributed by atoms with van der Waals surface area (Å²) in [5.41, 5.74) is 2.10. The first kappa shape index (κ1) is 15.1. The molecule has 4 rings (SSSR count). The zero-order chi connectivity index (χ0) is 17.6. The summed E-state index contributed by atoms with van der Waals surface area (Å²) in [5.74, 6) is -0.0849. The van der Waals surface area contributed by atoms with Crippen molar-refractivity contribution in [2.24, 2.45) is 12.0 Å². The molecule has 0 atom stereocenters. The van der Waals surface area contributed by atoms with Gasteiger partial charge in [-0.2, -0.15) is 0 Å². The van der Waals surface area contributed by atoms with Gasteiger partial charge >= 0.3 is 5.97 Å². The molecule has 0 unspecified atom stereocenters. The molecule has 0 radical (unpaired) electrons. The van der Waals surface area contributed by atoms with Crippen molar-refractivity contribution in [1.82, 2.24) is 9.36 Å². The molecule has 124 valence electrons. The Bertz CT molecular complexity index is 1080. The van der Waals surface area contributed by atoms with E-state index in [9.17, 15) is 9.59 Å². The monoisotopic (exact) mass is 333 g/mol. The number of carbonyl (C=O) groups is 1. The first-order valence-corrected chi connectivity index (χ1v) is 7.82. The number of hydrogen-bond donors (Lipinski definition) is 0. The molecule has 0 amide bonds. The first-order valence-electron chi connectivity index (χ1n) is 7.82. The van der Waals surface area contributed by atoms with E-state index in [0.717, 1.165) is 5.69 Å². The van der Waals surface area contributed by atoms with Gasteiger partial charge in [-0.1, -0.05) is 30.3 Å². The second-order valence-corrected chi connectivity index (χ2v) is 5.76. The van der Waals surface area contributed by atoms with Crippen molar-refractivity contribution < 1.29 is 9.53 Å². The summed E-state index contributed by atoms with van der Waals surface area (Å²) in [6.45, 7) is 1.80. The number of aliphatic imine (C=N–C) groups is 1. The summed E-state index contributed by atoms with van der Waals surface area (Å²) in [5, 5.41) is 0. The zero-order valence-corrected chi connectivity index (χ0v) is 13.8. The van der Waals surface area contributed by atoms with Gasteiger partial charge in [-0.15, -0.1) is 0 Å². The minimum absolute atomic E-state index is 0.154. The van der Waals surface area contributed by atoms with E-state index in [4.69, 9.17) is 4.74 Å². The molecule has 25 heavy (non-hydrogen) atoms. The highest BCUT2D eigenvalue weighted by atomic mass is 16.5. The van der Waals surface area contributed by atoms with Gasteiger partial charge in [-0.3, -0.25) is 9.48 Å². The van der Waals surface area contributed by atoms with Gasteiger partial charge in [0.05, 0.1) is 16.9 Å². The molecule has 1 aliphatic rings. The molecule has 3 aromatic rings. The summed E-state index contributed by atoms with van der Waals surface area (Å²) >= 11 is 0. The Hall–Kier alpha value is -3.41. The van der Waals surface area contributed by atoms with Crippen molar-refractivity contribution in [3.05, 3.63) is 76.2 Å². The Morgan fingerprint density at radius 1 is 0.960 bits per heavy atom. The summed E-state index contributed by atoms with van der Waals surface area (Å²) in [6.07, 6.45) is 0. The third-order valence-corrected chi connectivity index (χ3v) is 4.29. The van der Waals surface area contributed by atoms with Gasteiger partial charge in [0.2, 0.25) is 0 Å².